The molecule has 0 unspecified atom stereocenters. The van der Waals surface area contributed by atoms with E-state index < -0.39 is 8.24 Å². The van der Waals surface area contributed by atoms with E-state index in [2.05, 4.69) is 24.3 Å². The van der Waals surface area contributed by atoms with E-state index in [0.29, 0.717) is 0 Å². The molecule has 0 fully saturated rings. The molecule has 3 heteroatoms. The Morgan fingerprint density at radius 3 is 2.57 bits per heavy atom. The molecule has 1 N–H and O–H groups in total. The first-order valence-corrected chi connectivity index (χ1v) is 7.54. The highest BCUT2D eigenvalue weighted by atomic mass is 28.3. The molecule has 0 aromatic heterocycles. The average molecular weight is 205 g/mol. The predicted molar refractivity (Wildman–Crippen MR) is 63.4 cm³/mol. The van der Waals surface area contributed by atoms with Crippen molar-refractivity contribution in [1.82, 2.24) is 0 Å². The Bertz CT molecular complexity index is 358. The summed E-state index contributed by atoms with van der Waals surface area (Å²) in [4.78, 5) is 0. The summed E-state index contributed by atoms with van der Waals surface area (Å²) >= 11 is 0. The summed E-state index contributed by atoms with van der Waals surface area (Å²) in [6, 6.07) is 7.17. The molecule has 0 aliphatic heterocycles. The first kappa shape index (κ1) is 10.7. The molecule has 2 nitrogen and oxygen atoms in total. The zero-order valence-electron chi connectivity index (χ0n) is 8.57. The lowest BCUT2D eigenvalue weighted by molar-refractivity contribution is 0.474. The van der Waals surface area contributed by atoms with E-state index in [1.54, 1.807) is 18.3 Å². The SMILES string of the molecule is C=C[Si](C)(C)N=Cc1ccccc1O. The van der Waals surface area contributed by atoms with Gasteiger partial charge in [-0.3, -0.25) is 0 Å². The van der Waals surface area contributed by atoms with E-state index in [-0.39, 0.29) is 5.75 Å². The van der Waals surface area contributed by atoms with E-state index in [0.717, 1.165) is 5.56 Å². The number of benzene rings is 1. The van der Waals surface area contributed by atoms with Crippen molar-refractivity contribution in [3.8, 4) is 5.75 Å². The number of phenolic OH excluding ortho intramolecular Hbond substituents is 1. The Labute approximate surface area is 85.7 Å². The van der Waals surface area contributed by atoms with Gasteiger partial charge in [0.25, 0.3) is 0 Å². The quantitative estimate of drug-likeness (QED) is 0.597. The third-order valence-corrected chi connectivity index (χ3v) is 3.77. The van der Waals surface area contributed by atoms with Crippen molar-refractivity contribution >= 4 is 14.5 Å². The Morgan fingerprint density at radius 1 is 1.36 bits per heavy atom. The van der Waals surface area contributed by atoms with Gasteiger partial charge in [-0.2, -0.15) is 0 Å². The van der Waals surface area contributed by atoms with Gasteiger partial charge in [0.15, 0.2) is 8.24 Å². The number of aromatic hydroxyl groups is 1. The van der Waals surface area contributed by atoms with Crippen LogP contribution in [0.1, 0.15) is 5.56 Å². The van der Waals surface area contributed by atoms with Crippen LogP contribution in [0, 0.1) is 0 Å². The molecule has 0 saturated heterocycles. The van der Waals surface area contributed by atoms with Crippen molar-refractivity contribution < 1.29 is 5.11 Å². The minimum Gasteiger partial charge on any atom is -0.507 e. The Kier molecular flexibility index (Phi) is 3.25. The molecule has 0 saturated carbocycles. The second-order valence-corrected chi connectivity index (χ2v) is 7.65. The maximum atomic E-state index is 9.48. The highest BCUT2D eigenvalue weighted by Gasteiger charge is 2.12. The molecular formula is C11H15NOSi. The van der Waals surface area contributed by atoms with E-state index >= 15 is 0 Å². The number of hydrogen-bond acceptors (Lipinski definition) is 2. The van der Waals surface area contributed by atoms with Gasteiger partial charge in [-0.15, -0.1) is 6.58 Å². The van der Waals surface area contributed by atoms with Crippen molar-refractivity contribution in [2.75, 3.05) is 0 Å². The molecule has 0 aliphatic rings. The summed E-state index contributed by atoms with van der Waals surface area (Å²) in [7, 11) is -1.66. The second kappa shape index (κ2) is 4.24. The first-order chi connectivity index (χ1) is 6.55. The molecular weight excluding hydrogens is 190 g/mol. The molecule has 0 heterocycles. The molecule has 0 aliphatic carbocycles. The van der Waals surface area contributed by atoms with Gasteiger partial charge >= 0.3 is 0 Å². The zero-order chi connectivity index (χ0) is 10.6. The van der Waals surface area contributed by atoms with E-state index in [9.17, 15) is 5.11 Å². The number of hydrogen-bond donors (Lipinski definition) is 1. The summed E-state index contributed by atoms with van der Waals surface area (Å²) in [5.74, 6) is 0.269. The summed E-state index contributed by atoms with van der Waals surface area (Å²) in [5, 5.41) is 9.48. The van der Waals surface area contributed by atoms with Crippen LogP contribution in [0.3, 0.4) is 0 Å². The van der Waals surface area contributed by atoms with Gasteiger partial charge in [0, 0.05) is 11.8 Å². The van der Waals surface area contributed by atoms with Crippen LogP contribution in [-0.2, 0) is 0 Å². The van der Waals surface area contributed by atoms with Crippen LogP contribution >= 0.6 is 0 Å². The van der Waals surface area contributed by atoms with E-state index in [1.165, 1.54) is 0 Å². The molecule has 1 aromatic carbocycles. The molecule has 0 radical (unpaired) electrons. The lowest BCUT2D eigenvalue weighted by atomic mass is 10.2. The average Bonchev–Trinajstić information content (AvgIpc) is 2.17. The second-order valence-electron chi connectivity index (χ2n) is 3.67. The van der Waals surface area contributed by atoms with Crippen LogP contribution in [0.15, 0.2) is 41.2 Å². The molecule has 74 valence electrons. The predicted octanol–water partition coefficient (Wildman–Crippen LogP) is 2.74. The topological polar surface area (TPSA) is 32.6 Å². The van der Waals surface area contributed by atoms with Gasteiger partial charge in [-0.05, 0) is 25.2 Å². The van der Waals surface area contributed by atoms with Crippen LogP contribution in [0.2, 0.25) is 13.1 Å². The fourth-order valence-corrected chi connectivity index (χ4v) is 1.46. The van der Waals surface area contributed by atoms with E-state index in [1.807, 2.05) is 17.8 Å². The number of rotatable bonds is 3. The summed E-state index contributed by atoms with van der Waals surface area (Å²) in [5.41, 5.74) is 2.67. The van der Waals surface area contributed by atoms with Gasteiger partial charge in [-0.1, -0.05) is 17.8 Å². The normalized spacial score (nSPS) is 11.9. The van der Waals surface area contributed by atoms with Crippen molar-refractivity contribution in [3.05, 3.63) is 42.1 Å². The van der Waals surface area contributed by atoms with Gasteiger partial charge in [-0.25, -0.2) is 0 Å². The lowest BCUT2D eigenvalue weighted by Crippen LogP contribution is -2.19. The summed E-state index contributed by atoms with van der Waals surface area (Å²) < 4.78 is 4.44. The standard InChI is InChI=1S/C11H15NOSi/c1-4-14(2,3)12-9-10-7-5-6-8-11(10)13/h4-9,13H,1H2,2-3H3. The zero-order valence-corrected chi connectivity index (χ0v) is 9.57. The number of phenols is 1. The Hall–Kier alpha value is -1.35. The van der Waals surface area contributed by atoms with Gasteiger partial charge in [0.1, 0.15) is 5.75 Å². The van der Waals surface area contributed by atoms with E-state index in [4.69, 9.17) is 0 Å². The fourth-order valence-electron chi connectivity index (χ4n) is 0.885. The highest BCUT2D eigenvalue weighted by Crippen LogP contribution is 2.14. The van der Waals surface area contributed by atoms with Crippen LogP contribution < -0.4 is 0 Å². The highest BCUT2D eigenvalue weighted by molar-refractivity contribution is 6.81. The smallest absolute Gasteiger partial charge is 0.198 e. The fraction of sp³-hybridized carbons (Fsp3) is 0.182. The third kappa shape index (κ3) is 2.85. The summed E-state index contributed by atoms with van der Waals surface area (Å²) in [6.45, 7) is 7.94. The van der Waals surface area contributed by atoms with Gasteiger partial charge in [0.2, 0.25) is 0 Å². The van der Waals surface area contributed by atoms with Crippen LogP contribution in [0.4, 0.5) is 0 Å². The van der Waals surface area contributed by atoms with Crippen LogP contribution in [0.25, 0.3) is 0 Å². The van der Waals surface area contributed by atoms with Crippen LogP contribution in [-0.4, -0.2) is 19.6 Å². The first-order valence-electron chi connectivity index (χ1n) is 4.52. The molecule has 0 bridgehead atoms. The van der Waals surface area contributed by atoms with Crippen molar-refractivity contribution in [3.63, 3.8) is 0 Å². The molecule has 14 heavy (non-hydrogen) atoms. The minimum absolute atomic E-state index is 0.269. The number of nitrogens with zero attached hydrogens (tertiary/aromatic N) is 1. The minimum atomic E-state index is -1.66. The Balaban J connectivity index is 2.89. The maximum absolute atomic E-state index is 9.48. The Morgan fingerprint density at radius 2 is 2.00 bits per heavy atom. The van der Waals surface area contributed by atoms with Gasteiger partial charge in [0.05, 0.1) is 0 Å². The van der Waals surface area contributed by atoms with Crippen molar-refractivity contribution in [2.24, 2.45) is 4.66 Å². The monoisotopic (exact) mass is 205 g/mol. The molecule has 0 atom stereocenters. The molecule has 0 spiro atoms. The van der Waals surface area contributed by atoms with Gasteiger partial charge < -0.3 is 9.76 Å². The van der Waals surface area contributed by atoms with Crippen LogP contribution in [0.5, 0.6) is 5.75 Å². The molecule has 1 rings (SSSR count). The lowest BCUT2D eigenvalue weighted by Gasteiger charge is -2.09. The molecule has 1 aromatic rings. The van der Waals surface area contributed by atoms with Crippen molar-refractivity contribution in [2.45, 2.75) is 13.1 Å². The third-order valence-electron chi connectivity index (χ3n) is 1.97. The summed E-state index contributed by atoms with van der Waals surface area (Å²) in [6.07, 6.45) is 1.73. The largest absolute Gasteiger partial charge is 0.507 e. The number of para-hydroxylation sites is 1. The van der Waals surface area contributed by atoms with Crippen molar-refractivity contribution in [1.29, 1.82) is 0 Å². The molecule has 0 amide bonds. The maximum Gasteiger partial charge on any atom is 0.198 e.